The second-order valence-electron chi connectivity index (χ2n) is 7.63. The molecule has 0 saturated heterocycles. The molecule has 0 radical (unpaired) electrons. The third-order valence-corrected chi connectivity index (χ3v) is 5.52. The van der Waals surface area contributed by atoms with Crippen LogP contribution in [0.15, 0.2) is 36.4 Å². The van der Waals surface area contributed by atoms with Gasteiger partial charge in [-0.1, -0.05) is 64.2 Å². The molecule has 2 rings (SSSR count). The minimum absolute atomic E-state index is 0.218. The van der Waals surface area contributed by atoms with E-state index in [1.807, 2.05) is 0 Å². The number of unbranched alkanes of at least 4 members (excludes halogenated alkanes) is 4. The van der Waals surface area contributed by atoms with E-state index in [0.29, 0.717) is 6.29 Å². The lowest BCUT2D eigenvalue weighted by Gasteiger charge is -2.29. The Morgan fingerprint density at radius 3 is 2.22 bits per heavy atom. The van der Waals surface area contributed by atoms with Gasteiger partial charge >= 0.3 is 0 Å². The zero-order valence-corrected chi connectivity index (χ0v) is 17.3. The number of hydrogen-bond acceptors (Lipinski definition) is 3. The van der Waals surface area contributed by atoms with Crippen LogP contribution in [-0.4, -0.2) is 25.1 Å². The van der Waals surface area contributed by atoms with Gasteiger partial charge in [-0.25, -0.2) is 0 Å². The van der Waals surface area contributed by atoms with Crippen LogP contribution in [0.2, 0.25) is 0 Å². The van der Waals surface area contributed by atoms with Gasteiger partial charge in [0.1, 0.15) is 12.0 Å². The second-order valence-corrected chi connectivity index (χ2v) is 7.63. The van der Waals surface area contributed by atoms with Gasteiger partial charge in [-0.3, -0.25) is 4.79 Å². The summed E-state index contributed by atoms with van der Waals surface area (Å²) in [4.78, 5) is 9.48. The van der Waals surface area contributed by atoms with E-state index >= 15 is 0 Å². The molecule has 152 valence electrons. The molecule has 0 spiro atoms. The van der Waals surface area contributed by atoms with Crippen LogP contribution >= 0.6 is 0 Å². The zero-order chi connectivity index (χ0) is 19.9. The predicted octanol–water partition coefficient (Wildman–Crippen LogP) is 6.06. The summed E-state index contributed by atoms with van der Waals surface area (Å²) in [5, 5.41) is 8.00. The number of benzene rings is 1. The number of rotatable bonds is 10. The van der Waals surface area contributed by atoms with Crippen LogP contribution in [0.4, 0.5) is 0 Å². The molecule has 3 heteroatoms. The van der Waals surface area contributed by atoms with E-state index in [1.54, 1.807) is 7.11 Å². The summed E-state index contributed by atoms with van der Waals surface area (Å²) in [5.41, 5.74) is 1.73. The molecule has 1 fully saturated rings. The number of aliphatic hydroxyl groups is 1. The molecule has 1 saturated carbocycles. The molecule has 0 atom stereocenters. The van der Waals surface area contributed by atoms with Crippen LogP contribution in [0, 0.1) is 5.92 Å². The fourth-order valence-corrected chi connectivity index (χ4v) is 3.73. The Morgan fingerprint density at radius 2 is 1.74 bits per heavy atom. The summed E-state index contributed by atoms with van der Waals surface area (Å²) >= 11 is 0. The zero-order valence-electron chi connectivity index (χ0n) is 17.3. The lowest BCUT2D eigenvalue weighted by molar-refractivity contribution is -0.105. The first-order chi connectivity index (χ1) is 13.1. The van der Waals surface area contributed by atoms with Crippen LogP contribution in [0.5, 0.6) is 5.75 Å². The second kappa shape index (κ2) is 14.4. The third-order valence-electron chi connectivity index (χ3n) is 5.52. The summed E-state index contributed by atoms with van der Waals surface area (Å²) in [7, 11) is 1.74. The van der Waals surface area contributed by atoms with Crippen molar-refractivity contribution in [3.63, 3.8) is 0 Å². The molecule has 1 N–H and O–H groups in total. The van der Waals surface area contributed by atoms with Crippen molar-refractivity contribution in [3.8, 4) is 5.75 Å². The summed E-state index contributed by atoms with van der Waals surface area (Å²) in [6, 6.07) is 8.73. The topological polar surface area (TPSA) is 46.5 Å². The van der Waals surface area contributed by atoms with E-state index < -0.39 is 0 Å². The first-order valence-electron chi connectivity index (χ1n) is 10.5. The quantitative estimate of drug-likeness (QED) is 0.307. The van der Waals surface area contributed by atoms with Gasteiger partial charge in [0.25, 0.3) is 0 Å². The largest absolute Gasteiger partial charge is 0.497 e. The van der Waals surface area contributed by atoms with E-state index in [4.69, 9.17) is 9.84 Å². The molecule has 0 bridgehead atoms. The van der Waals surface area contributed by atoms with Gasteiger partial charge in [-0.2, -0.15) is 0 Å². The van der Waals surface area contributed by atoms with E-state index in [1.165, 1.54) is 69.8 Å². The number of aliphatic hydroxyl groups excluding tert-OH is 1. The van der Waals surface area contributed by atoms with Crippen LogP contribution in [0.3, 0.4) is 0 Å². The Hall–Kier alpha value is -1.61. The van der Waals surface area contributed by atoms with E-state index in [0.717, 1.165) is 17.6 Å². The molecule has 27 heavy (non-hydrogen) atoms. The average molecular weight is 375 g/mol. The van der Waals surface area contributed by atoms with E-state index in [-0.39, 0.29) is 12.2 Å². The molecular formula is C24H38O3. The Morgan fingerprint density at radius 1 is 1.11 bits per heavy atom. The van der Waals surface area contributed by atoms with Crippen LogP contribution < -0.4 is 4.74 Å². The molecule has 3 nitrogen and oxygen atoms in total. The van der Waals surface area contributed by atoms with Crippen molar-refractivity contribution in [2.75, 3.05) is 13.7 Å². The lowest BCUT2D eigenvalue weighted by atomic mass is 9.77. The molecule has 0 aliphatic heterocycles. The van der Waals surface area contributed by atoms with Crippen molar-refractivity contribution in [1.29, 1.82) is 0 Å². The fraction of sp³-hybridized carbons (Fsp3) is 0.625. The summed E-state index contributed by atoms with van der Waals surface area (Å²) in [6.45, 7) is 5.23. The van der Waals surface area contributed by atoms with Crippen LogP contribution in [-0.2, 0) is 4.79 Å². The SMILES string of the molecule is C=C(C=O)CO.CCCCCCCC1CCC(c2ccc(OC)cc2)CC1. The van der Waals surface area contributed by atoms with E-state index in [9.17, 15) is 4.79 Å². The monoisotopic (exact) mass is 374 g/mol. The Labute approximate surface area is 165 Å². The van der Waals surface area contributed by atoms with Gasteiger partial charge in [0.15, 0.2) is 0 Å². The number of aldehydes is 1. The van der Waals surface area contributed by atoms with Crippen molar-refractivity contribution in [1.82, 2.24) is 0 Å². The van der Waals surface area contributed by atoms with Gasteiger partial charge in [0.2, 0.25) is 0 Å². The van der Waals surface area contributed by atoms with Gasteiger partial charge < -0.3 is 9.84 Å². The Balaban J connectivity index is 0.000000527. The highest BCUT2D eigenvalue weighted by Crippen LogP contribution is 2.38. The molecule has 0 aromatic heterocycles. The van der Waals surface area contributed by atoms with E-state index in [2.05, 4.69) is 37.8 Å². The fourth-order valence-electron chi connectivity index (χ4n) is 3.73. The molecule has 0 heterocycles. The highest BCUT2D eigenvalue weighted by Gasteiger charge is 2.21. The average Bonchev–Trinajstić information content (AvgIpc) is 2.74. The smallest absolute Gasteiger partial charge is 0.147 e. The van der Waals surface area contributed by atoms with Crippen molar-refractivity contribution in [3.05, 3.63) is 42.0 Å². The molecule has 1 aromatic carbocycles. The third kappa shape index (κ3) is 9.76. The molecule has 0 unspecified atom stereocenters. The van der Waals surface area contributed by atoms with Crippen molar-refractivity contribution >= 4 is 6.29 Å². The first-order valence-corrected chi connectivity index (χ1v) is 10.5. The van der Waals surface area contributed by atoms with Gasteiger partial charge in [0, 0.05) is 5.57 Å². The normalized spacial score (nSPS) is 18.9. The number of hydrogen-bond donors (Lipinski definition) is 1. The highest BCUT2D eigenvalue weighted by molar-refractivity contribution is 5.72. The minimum atomic E-state index is -0.233. The van der Waals surface area contributed by atoms with Crippen LogP contribution in [0.25, 0.3) is 0 Å². The standard InChI is InChI=1S/C20H32O.C4H6O2/c1-3-4-5-6-7-8-17-9-11-18(12-10-17)19-13-15-20(21-2)16-14-19;1-4(2-5)3-6/h13-18H,3-12H2,1-2H3;2,6H,1,3H2. The van der Waals surface area contributed by atoms with Crippen molar-refractivity contribution in [2.45, 2.75) is 77.0 Å². The Kier molecular flexibility index (Phi) is 12.5. The van der Waals surface area contributed by atoms with Crippen molar-refractivity contribution < 1.29 is 14.6 Å². The number of methoxy groups -OCH3 is 1. The number of carbonyl (C=O) groups is 1. The van der Waals surface area contributed by atoms with Gasteiger partial charge in [-0.15, -0.1) is 0 Å². The molecular weight excluding hydrogens is 336 g/mol. The molecule has 0 amide bonds. The molecule has 1 aliphatic carbocycles. The summed E-state index contributed by atoms with van der Waals surface area (Å²) in [6.07, 6.45) is 14.8. The lowest BCUT2D eigenvalue weighted by Crippen LogP contribution is -2.13. The summed E-state index contributed by atoms with van der Waals surface area (Å²) in [5.74, 6) is 2.76. The summed E-state index contributed by atoms with van der Waals surface area (Å²) < 4.78 is 5.25. The predicted molar refractivity (Wildman–Crippen MR) is 113 cm³/mol. The molecule has 1 aromatic rings. The van der Waals surface area contributed by atoms with Crippen LogP contribution in [0.1, 0.15) is 82.6 Å². The molecule has 1 aliphatic rings. The maximum atomic E-state index is 9.48. The maximum absolute atomic E-state index is 9.48. The first kappa shape index (κ1) is 23.4. The Bertz CT molecular complexity index is 513. The highest BCUT2D eigenvalue weighted by atomic mass is 16.5. The maximum Gasteiger partial charge on any atom is 0.147 e. The van der Waals surface area contributed by atoms with Gasteiger partial charge in [0.05, 0.1) is 13.7 Å². The number of ether oxygens (including phenoxy) is 1. The minimum Gasteiger partial charge on any atom is -0.497 e. The van der Waals surface area contributed by atoms with Gasteiger partial charge in [-0.05, 0) is 55.2 Å². The van der Waals surface area contributed by atoms with Crippen molar-refractivity contribution in [2.24, 2.45) is 5.92 Å². The number of carbonyl (C=O) groups excluding carboxylic acids is 1.